The van der Waals surface area contributed by atoms with Crippen LogP contribution in [-0.4, -0.2) is 70.1 Å². The fraction of sp³-hybridized carbons (Fsp3) is 0.560. The lowest BCUT2D eigenvalue weighted by atomic mass is 9.92. The fourth-order valence-electron chi connectivity index (χ4n) is 4.51. The second-order valence-electron chi connectivity index (χ2n) is 10.5. The third-order valence-corrected chi connectivity index (χ3v) is 7.93. The Morgan fingerprint density at radius 3 is 2.73 bits per heavy atom. The molecule has 4 heterocycles. The van der Waals surface area contributed by atoms with Crippen molar-refractivity contribution in [3.8, 4) is 0 Å². The molecule has 3 atom stereocenters. The number of hydrogen-bond donors (Lipinski definition) is 4. The van der Waals surface area contributed by atoms with E-state index in [0.29, 0.717) is 35.6 Å². The summed E-state index contributed by atoms with van der Waals surface area (Å²) < 4.78 is 4.78. The number of aliphatic hydroxyl groups excluding tert-OH is 1. The number of carbonyl (C=O) groups excluding carboxylic acids is 3. The zero-order chi connectivity index (χ0) is 26.9. The van der Waals surface area contributed by atoms with Crippen LogP contribution in [0.2, 0.25) is 0 Å². The molecular weight excluding hydrogens is 498 g/mol. The normalized spacial score (nSPS) is 20.9. The van der Waals surface area contributed by atoms with Gasteiger partial charge in [-0.1, -0.05) is 20.8 Å². The van der Waals surface area contributed by atoms with E-state index in [2.05, 4.69) is 20.6 Å². The van der Waals surface area contributed by atoms with Gasteiger partial charge >= 0.3 is 5.97 Å². The number of aryl methyl sites for hydroxylation is 1. The zero-order valence-electron chi connectivity index (χ0n) is 21.4. The predicted molar refractivity (Wildman–Crippen MR) is 139 cm³/mol. The number of ether oxygens (including phenoxy) is 1. The number of nitrogens with one attached hydrogen (secondary N) is 3. The van der Waals surface area contributed by atoms with Gasteiger partial charge in [-0.15, -0.1) is 11.3 Å². The van der Waals surface area contributed by atoms with Gasteiger partial charge in [0.25, 0.3) is 11.5 Å². The van der Waals surface area contributed by atoms with Gasteiger partial charge < -0.3 is 20.1 Å². The first kappa shape index (κ1) is 26.8. The van der Waals surface area contributed by atoms with E-state index in [-0.39, 0.29) is 41.9 Å². The summed E-state index contributed by atoms with van der Waals surface area (Å²) in [5.41, 5.74) is -0.324. The molecule has 0 saturated carbocycles. The van der Waals surface area contributed by atoms with Gasteiger partial charge in [-0.2, -0.15) is 4.98 Å². The summed E-state index contributed by atoms with van der Waals surface area (Å²) in [6.45, 7) is 5.78. The molecule has 2 aromatic rings. The molecule has 11 nitrogen and oxygen atoms in total. The van der Waals surface area contributed by atoms with Gasteiger partial charge in [0.1, 0.15) is 11.9 Å². The molecule has 0 spiro atoms. The minimum absolute atomic E-state index is 0.130. The second-order valence-corrected chi connectivity index (χ2v) is 11.7. The van der Waals surface area contributed by atoms with Crippen LogP contribution >= 0.6 is 11.3 Å². The van der Waals surface area contributed by atoms with Gasteiger partial charge in [0.15, 0.2) is 0 Å². The third kappa shape index (κ3) is 5.69. The quantitative estimate of drug-likeness (QED) is 0.394. The number of anilines is 2. The molecule has 0 bridgehead atoms. The summed E-state index contributed by atoms with van der Waals surface area (Å²) in [6.07, 6.45) is 2.48. The number of rotatable bonds is 7. The maximum Gasteiger partial charge on any atom is 0.328 e. The molecule has 0 aliphatic carbocycles. The van der Waals surface area contributed by atoms with Crippen molar-refractivity contribution in [2.75, 3.05) is 30.9 Å². The topological polar surface area (TPSA) is 154 Å². The minimum Gasteiger partial charge on any atom is -0.467 e. The van der Waals surface area contributed by atoms with Crippen LogP contribution < -0.4 is 16.2 Å². The summed E-state index contributed by atoms with van der Waals surface area (Å²) in [4.78, 5) is 59.9. The lowest BCUT2D eigenvalue weighted by Gasteiger charge is -2.45. The molecule has 1 saturated heterocycles. The van der Waals surface area contributed by atoms with E-state index in [1.54, 1.807) is 26.8 Å². The zero-order valence-corrected chi connectivity index (χ0v) is 22.2. The van der Waals surface area contributed by atoms with E-state index in [9.17, 15) is 24.3 Å². The summed E-state index contributed by atoms with van der Waals surface area (Å²) in [7, 11) is 1.28. The summed E-state index contributed by atoms with van der Waals surface area (Å²) in [6, 6.07) is 2.61. The maximum atomic E-state index is 13.0. The molecule has 1 fully saturated rings. The molecular formula is C25H33N5O6S. The first-order valence-electron chi connectivity index (χ1n) is 12.3. The Kier molecular flexibility index (Phi) is 7.69. The number of likely N-dealkylation sites (tertiary alicyclic amines) is 1. The third-order valence-electron chi connectivity index (χ3n) is 6.79. The molecule has 12 heteroatoms. The second kappa shape index (κ2) is 10.6. The van der Waals surface area contributed by atoms with Crippen LogP contribution in [0.1, 0.15) is 53.7 Å². The molecule has 2 aliphatic rings. The number of aromatic amines is 1. The lowest BCUT2D eigenvalue weighted by Crippen LogP contribution is -2.63. The fourth-order valence-corrected chi connectivity index (χ4v) is 5.48. The SMILES string of the molecule is COC(=O)[C@@H]1C[C@H](CO)N1C(=O)c1ccc(CCC2CNc3nc(NC(=O)C(C)(C)C)[nH]c(=O)c3C2)s1. The van der Waals surface area contributed by atoms with Crippen LogP contribution in [0.25, 0.3) is 0 Å². The number of aliphatic hydroxyl groups is 1. The van der Waals surface area contributed by atoms with Crippen molar-refractivity contribution < 1.29 is 24.2 Å². The molecule has 37 heavy (non-hydrogen) atoms. The monoisotopic (exact) mass is 531 g/mol. The molecule has 2 amide bonds. The van der Waals surface area contributed by atoms with Crippen molar-refractivity contribution in [2.24, 2.45) is 11.3 Å². The Labute approximate surface area is 218 Å². The van der Waals surface area contributed by atoms with Crippen molar-refractivity contribution in [3.63, 3.8) is 0 Å². The average Bonchev–Trinajstić information content (AvgIpc) is 3.31. The average molecular weight is 532 g/mol. The van der Waals surface area contributed by atoms with Gasteiger partial charge in [0.05, 0.1) is 30.2 Å². The molecule has 0 aromatic carbocycles. The van der Waals surface area contributed by atoms with Gasteiger partial charge in [-0.3, -0.25) is 24.7 Å². The number of hydrogen-bond acceptors (Lipinski definition) is 9. The summed E-state index contributed by atoms with van der Waals surface area (Å²) >= 11 is 1.37. The number of methoxy groups -OCH3 is 1. The van der Waals surface area contributed by atoms with Gasteiger partial charge in [-0.05, 0) is 37.3 Å². The number of thiophene rings is 1. The highest BCUT2D eigenvalue weighted by Crippen LogP contribution is 2.32. The highest BCUT2D eigenvalue weighted by Gasteiger charge is 2.46. The molecule has 4 N–H and O–H groups in total. The minimum atomic E-state index is -0.664. The Morgan fingerprint density at radius 1 is 1.30 bits per heavy atom. The Hall–Kier alpha value is -3.25. The van der Waals surface area contributed by atoms with Crippen LogP contribution in [0.4, 0.5) is 11.8 Å². The van der Waals surface area contributed by atoms with Crippen molar-refractivity contribution in [2.45, 2.75) is 58.5 Å². The maximum absolute atomic E-state index is 13.0. The summed E-state index contributed by atoms with van der Waals surface area (Å²) in [5, 5.41) is 15.4. The number of esters is 1. The predicted octanol–water partition coefficient (Wildman–Crippen LogP) is 1.78. The van der Waals surface area contributed by atoms with Gasteiger partial charge in [-0.25, -0.2) is 4.79 Å². The van der Waals surface area contributed by atoms with Crippen LogP contribution in [0.3, 0.4) is 0 Å². The van der Waals surface area contributed by atoms with Crippen molar-refractivity contribution in [3.05, 3.63) is 37.8 Å². The Morgan fingerprint density at radius 2 is 2.05 bits per heavy atom. The smallest absolute Gasteiger partial charge is 0.328 e. The molecule has 2 aliphatic heterocycles. The van der Waals surface area contributed by atoms with E-state index < -0.39 is 17.4 Å². The first-order valence-corrected chi connectivity index (χ1v) is 13.1. The van der Waals surface area contributed by atoms with Gasteiger partial charge in [0.2, 0.25) is 11.9 Å². The molecule has 0 radical (unpaired) electrons. The highest BCUT2D eigenvalue weighted by molar-refractivity contribution is 7.14. The number of carbonyl (C=O) groups is 3. The van der Waals surface area contributed by atoms with Crippen molar-refractivity contribution >= 4 is 40.9 Å². The Balaban J connectivity index is 1.36. The molecule has 200 valence electrons. The highest BCUT2D eigenvalue weighted by atomic mass is 32.1. The Bertz CT molecular complexity index is 1250. The standard InChI is InChI=1S/C25H33N5O6S/c1-25(2,3)23(35)29-24-27-19-16(20(32)28-24)9-13(11-26-19)5-6-15-7-8-18(37-15)21(33)30-14(12-31)10-17(30)22(34)36-4/h7-8,13-14,17,31H,5-6,9-12H2,1-4H3,(H3,26,27,28,29,32,35)/t13?,14-,17+/m1/s1. The number of nitrogens with zero attached hydrogens (tertiary/aromatic N) is 2. The lowest BCUT2D eigenvalue weighted by molar-refractivity contribution is -0.153. The number of aromatic nitrogens is 2. The van der Waals surface area contributed by atoms with E-state index in [4.69, 9.17) is 4.74 Å². The first-order chi connectivity index (χ1) is 17.5. The summed E-state index contributed by atoms with van der Waals surface area (Å²) in [5.74, 6) is -0.179. The van der Waals surface area contributed by atoms with Crippen molar-refractivity contribution in [1.82, 2.24) is 14.9 Å². The number of H-pyrrole nitrogens is 1. The van der Waals surface area contributed by atoms with E-state index in [1.165, 1.54) is 23.3 Å². The van der Waals surface area contributed by atoms with E-state index in [1.807, 2.05) is 6.07 Å². The van der Waals surface area contributed by atoms with Crippen molar-refractivity contribution in [1.29, 1.82) is 0 Å². The molecule has 2 aromatic heterocycles. The molecule has 4 rings (SSSR count). The van der Waals surface area contributed by atoms with E-state index in [0.717, 1.165) is 17.7 Å². The van der Waals surface area contributed by atoms with E-state index >= 15 is 0 Å². The number of amides is 2. The molecule has 1 unspecified atom stereocenters. The van der Waals surface area contributed by atoms with Crippen LogP contribution in [0.5, 0.6) is 0 Å². The largest absolute Gasteiger partial charge is 0.467 e. The van der Waals surface area contributed by atoms with Gasteiger partial charge in [0, 0.05) is 23.3 Å². The van der Waals surface area contributed by atoms with Crippen LogP contribution in [-0.2, 0) is 27.2 Å². The number of fused-ring (bicyclic) bond motifs is 1. The van der Waals surface area contributed by atoms with Crippen LogP contribution in [0, 0.1) is 11.3 Å². The van der Waals surface area contributed by atoms with Crippen LogP contribution in [0.15, 0.2) is 16.9 Å².